The van der Waals surface area contributed by atoms with E-state index in [1.54, 1.807) is 0 Å². The maximum atomic E-state index is 13.7. The lowest BCUT2D eigenvalue weighted by Gasteiger charge is -2.14. The SMILES string of the molecule is CS(=O)(=O)Oc1cc(S(=O)(=O)OS(=O)(=O)c2cc(OS(C)(=O)=O)cc3ccc(OS(C)(=O)=O)cc23)c2cc(OS(C)(=O)=O)ccc2c1. The first kappa shape index (κ1) is 36.1. The Kier molecular flexibility index (Phi) is 9.26. The van der Waals surface area contributed by atoms with Crippen molar-refractivity contribution in [2.75, 3.05) is 25.0 Å². The third kappa shape index (κ3) is 9.65. The smallest absolute Gasteiger partial charge is 0.312 e. The molecule has 0 saturated carbocycles. The fourth-order valence-corrected chi connectivity index (χ4v) is 8.80. The average Bonchev–Trinajstić information content (AvgIpc) is 2.83. The molecule has 4 aromatic rings. The summed E-state index contributed by atoms with van der Waals surface area (Å²) in [6.07, 6.45) is 2.69. The van der Waals surface area contributed by atoms with E-state index in [0.29, 0.717) is 37.2 Å². The van der Waals surface area contributed by atoms with Crippen molar-refractivity contribution in [3.63, 3.8) is 0 Å². The Labute approximate surface area is 270 Å². The molecule has 0 fully saturated rings. The van der Waals surface area contributed by atoms with Crippen molar-refractivity contribution >= 4 is 82.3 Å². The molecule has 4 rings (SSSR count). The maximum Gasteiger partial charge on any atom is 0.312 e. The molecule has 0 saturated heterocycles. The summed E-state index contributed by atoms with van der Waals surface area (Å²) in [7, 11) is -27.8. The minimum atomic E-state index is -5.54. The summed E-state index contributed by atoms with van der Waals surface area (Å²) in [5, 5.41) is -0.985. The topological polar surface area (TPSA) is 251 Å². The maximum absolute atomic E-state index is 13.7. The zero-order valence-corrected chi connectivity index (χ0v) is 29.1. The van der Waals surface area contributed by atoms with Gasteiger partial charge in [0.25, 0.3) is 0 Å². The second-order valence-corrected chi connectivity index (χ2v) is 19.3. The lowest BCUT2D eigenvalue weighted by atomic mass is 10.1. The van der Waals surface area contributed by atoms with Gasteiger partial charge in [-0.3, -0.25) is 0 Å². The van der Waals surface area contributed by atoms with Gasteiger partial charge in [0.15, 0.2) is 0 Å². The first-order valence-electron chi connectivity index (χ1n) is 12.1. The Morgan fingerprint density at radius 2 is 0.681 bits per heavy atom. The summed E-state index contributed by atoms with van der Waals surface area (Å²) in [6, 6.07) is 9.53. The molecule has 0 bridgehead atoms. The molecule has 0 aliphatic carbocycles. The van der Waals surface area contributed by atoms with Crippen LogP contribution >= 0.6 is 0 Å². The molecule has 0 N–H and O–H groups in total. The monoisotopic (exact) mass is 774 g/mol. The Hall–Kier alpha value is -3.74. The van der Waals surface area contributed by atoms with E-state index >= 15 is 0 Å². The fraction of sp³-hybridized carbons (Fsp3) is 0.167. The molecule has 0 spiro atoms. The van der Waals surface area contributed by atoms with Gasteiger partial charge in [0, 0.05) is 22.9 Å². The normalized spacial score (nSPS) is 13.4. The van der Waals surface area contributed by atoms with Gasteiger partial charge in [-0.1, -0.05) is 12.1 Å². The second-order valence-electron chi connectivity index (χ2n) is 9.73. The van der Waals surface area contributed by atoms with Crippen molar-refractivity contribution < 1.29 is 70.9 Å². The van der Waals surface area contributed by atoms with Crippen LogP contribution in [0.25, 0.3) is 21.5 Å². The third-order valence-corrected chi connectivity index (χ3v) is 10.6. The Morgan fingerprint density at radius 1 is 0.383 bits per heavy atom. The van der Waals surface area contributed by atoms with E-state index in [1.807, 2.05) is 0 Å². The highest BCUT2D eigenvalue weighted by Crippen LogP contribution is 2.37. The fourth-order valence-electron chi connectivity index (χ4n) is 4.06. The molecule has 256 valence electrons. The summed E-state index contributed by atoms with van der Waals surface area (Å²) >= 11 is 0. The lowest BCUT2D eigenvalue weighted by Crippen LogP contribution is -2.16. The standard InChI is InChI=1S/C24H22O17S6/c1-42(25,26)37-17-7-5-15-9-19(39-44(3,29)30)13-23(21(15)11-17)46(33,34)41-47(35,36)24-14-20(40-45(4,31)32)10-16-6-8-18(12-22(16)24)38-43(2,27)28/h5-14H,1-4H3. The Bertz CT molecular complexity index is 2430. The molecule has 0 heterocycles. The highest BCUT2D eigenvalue weighted by molar-refractivity contribution is 8.00. The van der Waals surface area contributed by atoms with E-state index in [2.05, 4.69) is 3.63 Å². The number of benzene rings is 4. The van der Waals surface area contributed by atoms with Gasteiger partial charge in [-0.05, 0) is 47.2 Å². The molecule has 47 heavy (non-hydrogen) atoms. The molecule has 0 aromatic heterocycles. The lowest BCUT2D eigenvalue weighted by molar-refractivity contribution is 0.459. The van der Waals surface area contributed by atoms with E-state index in [-0.39, 0.29) is 10.8 Å². The van der Waals surface area contributed by atoms with Gasteiger partial charge in [-0.2, -0.15) is 50.5 Å². The largest absolute Gasteiger partial charge is 0.383 e. The van der Waals surface area contributed by atoms with Gasteiger partial charge in [0.05, 0.1) is 25.0 Å². The number of fused-ring (bicyclic) bond motifs is 2. The first-order valence-corrected chi connectivity index (χ1v) is 22.2. The van der Waals surface area contributed by atoms with Crippen LogP contribution in [0.5, 0.6) is 23.0 Å². The van der Waals surface area contributed by atoms with Crippen LogP contribution in [-0.4, -0.2) is 75.5 Å². The number of rotatable bonds is 12. The summed E-state index contributed by atoms with van der Waals surface area (Å²) in [5.74, 6) is -2.03. The molecule has 0 aliphatic heterocycles. The minimum Gasteiger partial charge on any atom is -0.383 e. The molecule has 0 amide bonds. The molecular formula is C24H22O17S6. The Balaban J connectivity index is 1.96. The van der Waals surface area contributed by atoms with E-state index < -0.39 is 104 Å². The van der Waals surface area contributed by atoms with E-state index in [9.17, 15) is 50.5 Å². The highest BCUT2D eigenvalue weighted by atomic mass is 32.3. The molecule has 17 nitrogen and oxygen atoms in total. The van der Waals surface area contributed by atoms with Gasteiger partial charge in [-0.25, -0.2) is 0 Å². The quantitative estimate of drug-likeness (QED) is 0.185. The van der Waals surface area contributed by atoms with E-state index in [0.717, 1.165) is 48.5 Å². The van der Waals surface area contributed by atoms with Gasteiger partial charge in [0.2, 0.25) is 0 Å². The molecule has 0 unspecified atom stereocenters. The van der Waals surface area contributed by atoms with Crippen LogP contribution in [0.4, 0.5) is 0 Å². The summed E-state index contributed by atoms with van der Waals surface area (Å²) in [5.41, 5.74) is 0. The third-order valence-electron chi connectivity index (χ3n) is 5.43. The van der Waals surface area contributed by atoms with Crippen LogP contribution in [-0.2, 0) is 64.3 Å². The van der Waals surface area contributed by atoms with Crippen LogP contribution in [0.2, 0.25) is 0 Å². The van der Waals surface area contributed by atoms with Crippen LogP contribution in [0.15, 0.2) is 70.5 Å². The van der Waals surface area contributed by atoms with Crippen LogP contribution in [0.3, 0.4) is 0 Å². The molecule has 0 atom stereocenters. The minimum absolute atomic E-state index is 0.0943. The van der Waals surface area contributed by atoms with Crippen molar-refractivity contribution in [2.24, 2.45) is 0 Å². The zero-order chi connectivity index (χ0) is 35.4. The van der Waals surface area contributed by atoms with Gasteiger partial charge < -0.3 is 16.7 Å². The Morgan fingerprint density at radius 3 is 0.979 bits per heavy atom. The number of hydrogen-bond donors (Lipinski definition) is 0. The second kappa shape index (κ2) is 12.1. The summed E-state index contributed by atoms with van der Waals surface area (Å²) in [4.78, 5) is -2.05. The molecule has 23 heteroatoms. The van der Waals surface area contributed by atoms with Gasteiger partial charge >= 0.3 is 60.7 Å². The van der Waals surface area contributed by atoms with Crippen LogP contribution in [0.1, 0.15) is 0 Å². The van der Waals surface area contributed by atoms with Crippen molar-refractivity contribution in [3.05, 3.63) is 60.7 Å². The highest BCUT2D eigenvalue weighted by Gasteiger charge is 2.32. The number of hydrogen-bond acceptors (Lipinski definition) is 17. The van der Waals surface area contributed by atoms with E-state index in [1.165, 1.54) is 0 Å². The van der Waals surface area contributed by atoms with Gasteiger partial charge in [0.1, 0.15) is 32.8 Å². The van der Waals surface area contributed by atoms with Crippen molar-refractivity contribution in [2.45, 2.75) is 9.79 Å². The van der Waals surface area contributed by atoms with E-state index in [4.69, 9.17) is 16.7 Å². The van der Waals surface area contributed by atoms with Crippen LogP contribution in [0, 0.1) is 0 Å². The summed E-state index contributed by atoms with van der Waals surface area (Å²) < 4.78 is 172. The van der Waals surface area contributed by atoms with Crippen molar-refractivity contribution in [3.8, 4) is 23.0 Å². The van der Waals surface area contributed by atoms with Gasteiger partial charge in [-0.15, -0.1) is 3.63 Å². The average molecular weight is 775 g/mol. The van der Waals surface area contributed by atoms with Crippen molar-refractivity contribution in [1.29, 1.82) is 0 Å². The molecule has 4 aromatic carbocycles. The molecule has 0 radical (unpaired) electrons. The summed E-state index contributed by atoms with van der Waals surface area (Å²) in [6.45, 7) is 0. The van der Waals surface area contributed by atoms with Crippen LogP contribution < -0.4 is 16.7 Å². The zero-order valence-electron chi connectivity index (χ0n) is 24.2. The predicted octanol–water partition coefficient (Wildman–Crippen LogP) is 1.44. The molecular weight excluding hydrogens is 753 g/mol. The molecule has 0 aliphatic rings. The van der Waals surface area contributed by atoms with Crippen molar-refractivity contribution in [1.82, 2.24) is 0 Å². The first-order chi connectivity index (χ1) is 21.2. The predicted molar refractivity (Wildman–Crippen MR) is 165 cm³/mol.